The van der Waals surface area contributed by atoms with Crippen LogP contribution >= 0.6 is 0 Å². The van der Waals surface area contributed by atoms with Crippen LogP contribution in [0, 0.1) is 0 Å². The molecule has 392 valence electrons. The SMILES string of the molecule is OCC(c1ccccc1)N(CC=C(c1ccccc1)c1ccccc1)CC=C(c1ccccc1)c1cccc(-c2ccc3c(c2)CCC3N(CC=C(c2ccccc2)c2ccccc2)CC=C(c2ccccc2)c2ccccc2)c1. The number of aliphatic hydroxyl groups excluding tert-OH is 1. The lowest BCUT2D eigenvalue weighted by atomic mass is 9.93. The van der Waals surface area contributed by atoms with E-state index in [0.29, 0.717) is 13.1 Å². The monoisotopic (exact) mass is 1040 g/mol. The van der Waals surface area contributed by atoms with Gasteiger partial charge in [-0.3, -0.25) is 9.80 Å². The van der Waals surface area contributed by atoms with Crippen molar-refractivity contribution in [2.75, 3.05) is 32.8 Å². The number of benzene rings is 10. The zero-order valence-corrected chi connectivity index (χ0v) is 45.4. The van der Waals surface area contributed by atoms with Gasteiger partial charge in [-0.05, 0) is 114 Å². The number of fused-ring (bicyclic) bond motifs is 1. The highest BCUT2D eigenvalue weighted by Crippen LogP contribution is 2.40. The highest BCUT2D eigenvalue weighted by Gasteiger charge is 2.28. The van der Waals surface area contributed by atoms with Crippen LogP contribution in [-0.4, -0.2) is 47.7 Å². The van der Waals surface area contributed by atoms with E-state index in [2.05, 4.69) is 313 Å². The maximum atomic E-state index is 11.2. The van der Waals surface area contributed by atoms with E-state index >= 15 is 0 Å². The lowest BCUT2D eigenvalue weighted by Gasteiger charge is -2.30. The van der Waals surface area contributed by atoms with Crippen molar-refractivity contribution in [2.24, 2.45) is 0 Å². The maximum Gasteiger partial charge on any atom is 0.0628 e. The van der Waals surface area contributed by atoms with Crippen molar-refractivity contribution in [2.45, 2.75) is 24.9 Å². The Hall–Kier alpha value is -8.96. The number of aryl methyl sites for hydroxylation is 1. The van der Waals surface area contributed by atoms with Crippen LogP contribution in [0.5, 0.6) is 0 Å². The molecule has 0 spiro atoms. The molecule has 0 heterocycles. The Morgan fingerprint density at radius 2 is 0.700 bits per heavy atom. The maximum absolute atomic E-state index is 11.2. The zero-order chi connectivity index (χ0) is 54.1. The van der Waals surface area contributed by atoms with Gasteiger partial charge in [0.1, 0.15) is 0 Å². The van der Waals surface area contributed by atoms with Crippen LogP contribution in [0.4, 0.5) is 0 Å². The van der Waals surface area contributed by atoms with E-state index < -0.39 is 0 Å². The van der Waals surface area contributed by atoms with E-state index in [1.54, 1.807) is 0 Å². The first-order chi connectivity index (χ1) is 39.7. The molecule has 2 unspecified atom stereocenters. The number of hydrogen-bond donors (Lipinski definition) is 1. The summed E-state index contributed by atoms with van der Waals surface area (Å²) in [6, 6.07) is 102. The quantitative estimate of drug-likeness (QED) is 0.0777. The van der Waals surface area contributed by atoms with Crippen molar-refractivity contribution >= 4 is 22.3 Å². The van der Waals surface area contributed by atoms with E-state index in [9.17, 15) is 5.11 Å². The molecule has 11 rings (SSSR count). The van der Waals surface area contributed by atoms with Crippen molar-refractivity contribution < 1.29 is 5.11 Å². The fourth-order valence-corrected chi connectivity index (χ4v) is 11.6. The molecule has 0 bridgehead atoms. The minimum atomic E-state index is -0.220. The summed E-state index contributed by atoms with van der Waals surface area (Å²) >= 11 is 0. The lowest BCUT2D eigenvalue weighted by molar-refractivity contribution is 0.146. The molecule has 80 heavy (non-hydrogen) atoms. The summed E-state index contributed by atoms with van der Waals surface area (Å²) in [5, 5.41) is 11.2. The van der Waals surface area contributed by atoms with Crippen molar-refractivity contribution in [3.05, 3.63) is 371 Å². The lowest BCUT2D eigenvalue weighted by Crippen LogP contribution is -2.32. The molecule has 1 aliphatic carbocycles. The molecule has 0 saturated carbocycles. The molecule has 0 aromatic heterocycles. The Morgan fingerprint density at radius 1 is 0.362 bits per heavy atom. The van der Waals surface area contributed by atoms with Crippen LogP contribution in [-0.2, 0) is 6.42 Å². The van der Waals surface area contributed by atoms with Crippen LogP contribution < -0.4 is 0 Å². The smallest absolute Gasteiger partial charge is 0.0628 e. The Bertz CT molecular complexity index is 3450. The van der Waals surface area contributed by atoms with Crippen LogP contribution in [0.1, 0.15) is 79.7 Å². The number of aliphatic hydroxyl groups is 1. The van der Waals surface area contributed by atoms with E-state index in [1.807, 2.05) is 6.07 Å². The summed E-state index contributed by atoms with van der Waals surface area (Å²) in [6.45, 7) is 2.80. The summed E-state index contributed by atoms with van der Waals surface area (Å²) in [5.74, 6) is 0. The summed E-state index contributed by atoms with van der Waals surface area (Å²) in [6.07, 6.45) is 11.7. The molecule has 3 nitrogen and oxygen atoms in total. The van der Waals surface area contributed by atoms with Gasteiger partial charge >= 0.3 is 0 Å². The molecule has 0 aliphatic heterocycles. The summed E-state index contributed by atoms with van der Waals surface area (Å²) in [7, 11) is 0. The highest BCUT2D eigenvalue weighted by atomic mass is 16.3. The van der Waals surface area contributed by atoms with Crippen molar-refractivity contribution in [1.29, 1.82) is 0 Å². The first-order valence-electron chi connectivity index (χ1n) is 28.2. The number of rotatable bonds is 21. The fraction of sp³-hybridized carbons (Fsp3) is 0.117. The van der Waals surface area contributed by atoms with Gasteiger partial charge in [0, 0.05) is 32.2 Å². The average molecular weight is 1040 g/mol. The predicted molar refractivity (Wildman–Crippen MR) is 336 cm³/mol. The zero-order valence-electron chi connectivity index (χ0n) is 45.4. The topological polar surface area (TPSA) is 26.7 Å². The molecule has 1 N–H and O–H groups in total. The molecule has 3 heteroatoms. The third kappa shape index (κ3) is 13.0. The molecule has 0 radical (unpaired) electrons. The van der Waals surface area contributed by atoms with Gasteiger partial charge in [0.05, 0.1) is 12.6 Å². The third-order valence-corrected chi connectivity index (χ3v) is 15.6. The first kappa shape index (κ1) is 53.1. The van der Waals surface area contributed by atoms with E-state index in [1.165, 1.54) is 61.2 Å². The Morgan fingerprint density at radius 3 is 1.09 bits per heavy atom. The van der Waals surface area contributed by atoms with Crippen LogP contribution in [0.25, 0.3) is 33.4 Å². The normalized spacial score (nSPS) is 13.3. The average Bonchev–Trinajstić information content (AvgIpc) is 3.96. The first-order valence-corrected chi connectivity index (χ1v) is 28.2. The van der Waals surface area contributed by atoms with Crippen molar-refractivity contribution in [1.82, 2.24) is 9.80 Å². The van der Waals surface area contributed by atoms with Crippen LogP contribution in [0.2, 0.25) is 0 Å². The molecule has 10 aromatic carbocycles. The number of nitrogens with zero attached hydrogens (tertiary/aromatic N) is 2. The summed E-state index contributed by atoms with van der Waals surface area (Å²) < 4.78 is 0. The van der Waals surface area contributed by atoms with Crippen molar-refractivity contribution in [3.8, 4) is 11.1 Å². The molecule has 2 atom stereocenters. The molecule has 10 aromatic rings. The van der Waals surface area contributed by atoms with E-state index in [4.69, 9.17) is 0 Å². The van der Waals surface area contributed by atoms with Gasteiger partial charge in [0.15, 0.2) is 0 Å². The largest absolute Gasteiger partial charge is 0.394 e. The predicted octanol–water partition coefficient (Wildman–Crippen LogP) is 17.5. The Balaban J connectivity index is 0.931. The fourth-order valence-electron chi connectivity index (χ4n) is 11.6. The van der Waals surface area contributed by atoms with Crippen LogP contribution in [0.15, 0.2) is 309 Å². The second-order valence-corrected chi connectivity index (χ2v) is 20.6. The van der Waals surface area contributed by atoms with Gasteiger partial charge in [-0.2, -0.15) is 0 Å². The highest BCUT2D eigenvalue weighted by molar-refractivity contribution is 5.84. The van der Waals surface area contributed by atoms with E-state index in [-0.39, 0.29) is 18.7 Å². The molecule has 0 amide bonds. The standard InChI is InChI=1S/C77H68N2O/c80-58-77(66-40-23-8-24-41-66)79(54-50-73(63-34-17-5-18-35-63)64-36-19-6-20-37-64)55-51-74(65-38-21-7-22-39-65)69-43-25-42-67(56-69)68-44-46-75-70(57-68)45-47-76(75)78(52-48-71(59-26-9-1-10-27-59)60-28-11-2-12-29-60)53-49-72(61-30-13-3-14-31-61)62-32-15-4-16-33-62/h1-44,46,48-51,56-57,76-77,80H,45,47,52-55,58H2. The second-order valence-electron chi connectivity index (χ2n) is 20.6. The Kier molecular flexibility index (Phi) is 17.6. The molecule has 1 aliphatic rings. The van der Waals surface area contributed by atoms with E-state index in [0.717, 1.165) is 59.3 Å². The van der Waals surface area contributed by atoms with Gasteiger partial charge < -0.3 is 5.11 Å². The minimum Gasteiger partial charge on any atom is -0.394 e. The van der Waals surface area contributed by atoms with Crippen molar-refractivity contribution in [3.63, 3.8) is 0 Å². The van der Waals surface area contributed by atoms with Gasteiger partial charge in [-0.25, -0.2) is 0 Å². The van der Waals surface area contributed by atoms with Crippen LogP contribution in [0.3, 0.4) is 0 Å². The van der Waals surface area contributed by atoms with Gasteiger partial charge in [-0.1, -0.05) is 303 Å². The second kappa shape index (κ2) is 26.6. The number of hydrogen-bond acceptors (Lipinski definition) is 3. The van der Waals surface area contributed by atoms with Gasteiger partial charge in [-0.15, -0.1) is 0 Å². The molecular weight excluding hydrogens is 969 g/mol. The summed E-state index contributed by atoms with van der Waals surface area (Å²) in [5.41, 5.74) is 20.7. The summed E-state index contributed by atoms with van der Waals surface area (Å²) in [4.78, 5) is 5.08. The molecule has 0 fully saturated rings. The Labute approximate surface area is 474 Å². The van der Waals surface area contributed by atoms with Gasteiger partial charge in [0.2, 0.25) is 0 Å². The third-order valence-electron chi connectivity index (χ3n) is 15.6. The molecule has 0 saturated heterocycles. The van der Waals surface area contributed by atoms with Gasteiger partial charge in [0.25, 0.3) is 0 Å². The molecular formula is C77H68N2O. The minimum absolute atomic E-state index is 0.0109.